The summed E-state index contributed by atoms with van der Waals surface area (Å²) < 4.78 is 49.1. The van der Waals surface area contributed by atoms with Crippen LogP contribution in [0.3, 0.4) is 0 Å². The number of methoxy groups -OCH3 is 1. The van der Waals surface area contributed by atoms with E-state index in [9.17, 15) is 22.8 Å². The standard InChI is InChI=1S/C19H29F3N2O4Si/c1-18(2,3)29(5,6)28-11-7-10-23-17(26)24-15-9-8-13(19(20,21)22)12-14(15)16(25)27-4/h8-9,12H,7,10-11H2,1-6H3,(H2,23,24,26). The zero-order valence-corrected chi connectivity index (χ0v) is 18.6. The van der Waals surface area contributed by atoms with Crippen LogP contribution in [0.15, 0.2) is 18.2 Å². The van der Waals surface area contributed by atoms with E-state index in [1.807, 2.05) is 0 Å². The van der Waals surface area contributed by atoms with Gasteiger partial charge in [-0.15, -0.1) is 0 Å². The number of benzene rings is 1. The second kappa shape index (κ2) is 9.62. The number of anilines is 1. The third-order valence-corrected chi connectivity index (χ3v) is 9.41. The predicted octanol–water partition coefficient (Wildman–Crippen LogP) is 5.03. The van der Waals surface area contributed by atoms with Gasteiger partial charge in [0.05, 0.1) is 23.9 Å². The summed E-state index contributed by atoms with van der Waals surface area (Å²) in [5.74, 6) is -0.978. The minimum Gasteiger partial charge on any atom is -0.465 e. The van der Waals surface area contributed by atoms with Crippen molar-refractivity contribution in [3.8, 4) is 0 Å². The van der Waals surface area contributed by atoms with Gasteiger partial charge in [-0.2, -0.15) is 13.2 Å². The number of urea groups is 1. The molecule has 0 heterocycles. The molecule has 0 atom stereocenters. The van der Waals surface area contributed by atoms with Crippen LogP contribution in [0.25, 0.3) is 0 Å². The number of rotatable bonds is 7. The fourth-order valence-electron chi connectivity index (χ4n) is 2.09. The van der Waals surface area contributed by atoms with Crippen LogP contribution in [0.4, 0.5) is 23.7 Å². The summed E-state index contributed by atoms with van der Waals surface area (Å²) in [5.41, 5.74) is -1.45. The first-order valence-corrected chi connectivity index (χ1v) is 12.1. The van der Waals surface area contributed by atoms with Gasteiger partial charge in [-0.1, -0.05) is 20.8 Å². The molecule has 0 bridgehead atoms. The highest BCUT2D eigenvalue weighted by Crippen LogP contribution is 2.36. The van der Waals surface area contributed by atoms with E-state index < -0.39 is 32.1 Å². The van der Waals surface area contributed by atoms with Gasteiger partial charge in [-0.25, -0.2) is 9.59 Å². The summed E-state index contributed by atoms with van der Waals surface area (Å²) in [6, 6.07) is 1.82. The van der Waals surface area contributed by atoms with E-state index in [0.29, 0.717) is 25.6 Å². The van der Waals surface area contributed by atoms with E-state index in [4.69, 9.17) is 4.43 Å². The molecule has 164 valence electrons. The lowest BCUT2D eigenvalue weighted by Gasteiger charge is -2.36. The largest absolute Gasteiger partial charge is 0.465 e. The molecule has 0 fully saturated rings. The van der Waals surface area contributed by atoms with Crippen LogP contribution < -0.4 is 10.6 Å². The molecule has 2 amide bonds. The van der Waals surface area contributed by atoms with E-state index in [1.54, 1.807) is 0 Å². The quantitative estimate of drug-likeness (QED) is 0.359. The Kier molecular flexibility index (Phi) is 8.28. The number of carbonyl (C=O) groups is 2. The molecule has 0 aliphatic carbocycles. The van der Waals surface area contributed by atoms with Gasteiger partial charge in [0.2, 0.25) is 0 Å². The average molecular weight is 435 g/mol. The van der Waals surface area contributed by atoms with Crippen molar-refractivity contribution in [2.75, 3.05) is 25.6 Å². The number of amides is 2. The van der Waals surface area contributed by atoms with Crippen molar-refractivity contribution < 1.29 is 31.9 Å². The van der Waals surface area contributed by atoms with Crippen LogP contribution >= 0.6 is 0 Å². The third kappa shape index (κ3) is 7.35. The van der Waals surface area contributed by atoms with Gasteiger partial charge in [0.25, 0.3) is 0 Å². The molecular formula is C19H29F3N2O4Si. The first kappa shape index (κ1) is 25.0. The van der Waals surface area contributed by atoms with Crippen LogP contribution in [0.5, 0.6) is 0 Å². The molecule has 0 aromatic heterocycles. The highest BCUT2D eigenvalue weighted by Gasteiger charge is 2.36. The summed E-state index contributed by atoms with van der Waals surface area (Å²) in [6.07, 6.45) is -4.04. The minimum absolute atomic E-state index is 0.0696. The lowest BCUT2D eigenvalue weighted by Crippen LogP contribution is -2.41. The molecule has 0 spiro atoms. The first-order chi connectivity index (χ1) is 13.2. The Balaban J connectivity index is 2.65. The Morgan fingerprint density at radius 1 is 1.14 bits per heavy atom. The molecule has 0 saturated heterocycles. The number of ether oxygens (including phenoxy) is 1. The summed E-state index contributed by atoms with van der Waals surface area (Å²) >= 11 is 0. The molecular weight excluding hydrogens is 405 g/mol. The zero-order chi connectivity index (χ0) is 22.5. The maximum Gasteiger partial charge on any atom is 0.416 e. The molecule has 2 N–H and O–H groups in total. The summed E-state index contributed by atoms with van der Waals surface area (Å²) in [5, 5.41) is 5.07. The highest BCUT2D eigenvalue weighted by atomic mass is 28.4. The summed E-state index contributed by atoms with van der Waals surface area (Å²) in [6.45, 7) is 11.5. The van der Waals surface area contributed by atoms with Gasteiger partial charge >= 0.3 is 18.2 Å². The second-order valence-corrected chi connectivity index (χ2v) is 12.9. The third-order valence-electron chi connectivity index (χ3n) is 4.88. The molecule has 0 saturated carbocycles. The molecule has 0 aliphatic rings. The number of carbonyl (C=O) groups excluding carboxylic acids is 2. The average Bonchev–Trinajstić information content (AvgIpc) is 2.59. The minimum atomic E-state index is -4.62. The number of nitrogens with one attached hydrogen (secondary N) is 2. The normalized spacial score (nSPS) is 12.4. The van der Waals surface area contributed by atoms with Crippen LogP contribution in [-0.2, 0) is 15.3 Å². The first-order valence-electron chi connectivity index (χ1n) is 9.17. The van der Waals surface area contributed by atoms with Gasteiger partial charge in [0.15, 0.2) is 8.32 Å². The van der Waals surface area contributed by atoms with Gasteiger partial charge in [-0.3, -0.25) is 0 Å². The van der Waals surface area contributed by atoms with Crippen molar-refractivity contribution in [1.29, 1.82) is 0 Å². The van der Waals surface area contributed by atoms with Crippen LogP contribution in [-0.4, -0.2) is 40.6 Å². The highest BCUT2D eigenvalue weighted by molar-refractivity contribution is 6.74. The van der Waals surface area contributed by atoms with Gasteiger partial charge in [-0.05, 0) is 42.8 Å². The SMILES string of the molecule is COC(=O)c1cc(C(F)(F)F)ccc1NC(=O)NCCCO[Si](C)(C)C(C)(C)C. The topological polar surface area (TPSA) is 76.7 Å². The fourth-order valence-corrected chi connectivity index (χ4v) is 3.18. The Labute approximate surface area is 170 Å². The Morgan fingerprint density at radius 3 is 2.28 bits per heavy atom. The number of alkyl halides is 3. The fraction of sp³-hybridized carbons (Fsp3) is 0.579. The Hall–Kier alpha value is -2.07. The molecule has 10 heteroatoms. The smallest absolute Gasteiger partial charge is 0.416 e. The molecule has 0 radical (unpaired) electrons. The van der Waals surface area contributed by atoms with E-state index >= 15 is 0 Å². The monoisotopic (exact) mass is 434 g/mol. The van der Waals surface area contributed by atoms with Gasteiger partial charge in [0.1, 0.15) is 0 Å². The molecule has 6 nitrogen and oxygen atoms in total. The van der Waals surface area contributed by atoms with E-state index in [0.717, 1.165) is 19.2 Å². The lowest BCUT2D eigenvalue weighted by atomic mass is 10.1. The number of hydrogen-bond acceptors (Lipinski definition) is 4. The van der Waals surface area contributed by atoms with Crippen molar-refractivity contribution in [3.05, 3.63) is 29.3 Å². The molecule has 0 unspecified atom stereocenters. The van der Waals surface area contributed by atoms with Crippen LogP contribution in [0.2, 0.25) is 18.1 Å². The van der Waals surface area contributed by atoms with Gasteiger partial charge < -0.3 is 19.8 Å². The molecule has 1 aromatic carbocycles. The molecule has 1 rings (SSSR count). The summed E-state index contributed by atoms with van der Waals surface area (Å²) in [4.78, 5) is 23.8. The number of halogens is 3. The molecule has 0 aliphatic heterocycles. The van der Waals surface area contributed by atoms with Crippen LogP contribution in [0.1, 0.15) is 43.1 Å². The van der Waals surface area contributed by atoms with E-state index in [-0.39, 0.29) is 16.3 Å². The lowest BCUT2D eigenvalue weighted by molar-refractivity contribution is -0.137. The zero-order valence-electron chi connectivity index (χ0n) is 17.6. The number of esters is 1. The van der Waals surface area contributed by atoms with E-state index in [2.05, 4.69) is 49.2 Å². The van der Waals surface area contributed by atoms with Crippen molar-refractivity contribution in [2.24, 2.45) is 0 Å². The molecule has 1 aromatic rings. The van der Waals surface area contributed by atoms with Crippen LogP contribution in [0, 0.1) is 0 Å². The van der Waals surface area contributed by atoms with Crippen molar-refractivity contribution in [1.82, 2.24) is 5.32 Å². The van der Waals surface area contributed by atoms with Crippen molar-refractivity contribution in [2.45, 2.75) is 51.5 Å². The second-order valence-electron chi connectivity index (χ2n) is 8.09. The van der Waals surface area contributed by atoms with Crippen molar-refractivity contribution in [3.63, 3.8) is 0 Å². The Bertz CT molecular complexity index is 731. The predicted molar refractivity (Wildman–Crippen MR) is 108 cm³/mol. The van der Waals surface area contributed by atoms with Crippen molar-refractivity contribution >= 4 is 26.0 Å². The Morgan fingerprint density at radius 2 is 1.76 bits per heavy atom. The summed E-state index contributed by atoms with van der Waals surface area (Å²) in [7, 11) is -0.809. The maximum absolute atomic E-state index is 12.9. The number of hydrogen-bond donors (Lipinski definition) is 2. The van der Waals surface area contributed by atoms with E-state index in [1.165, 1.54) is 0 Å². The maximum atomic E-state index is 12.9. The van der Waals surface area contributed by atoms with Gasteiger partial charge in [0, 0.05) is 13.2 Å². The molecule has 29 heavy (non-hydrogen) atoms.